The van der Waals surface area contributed by atoms with Crippen molar-refractivity contribution in [3.63, 3.8) is 0 Å². The summed E-state index contributed by atoms with van der Waals surface area (Å²) in [6.45, 7) is 1.70. The molecule has 0 atom stereocenters. The van der Waals surface area contributed by atoms with Crippen molar-refractivity contribution in [1.82, 2.24) is 4.98 Å². The minimum absolute atomic E-state index is 0.253. The summed E-state index contributed by atoms with van der Waals surface area (Å²) in [5.41, 5.74) is 6.49. The third-order valence-electron chi connectivity index (χ3n) is 2.43. The normalized spacial score (nSPS) is 10.3. The molecule has 1 heterocycles. The number of anilines is 2. The zero-order valence-electron chi connectivity index (χ0n) is 10.4. The lowest BCUT2D eigenvalue weighted by Gasteiger charge is -2.09. The van der Waals surface area contributed by atoms with Gasteiger partial charge < -0.3 is 15.8 Å². The van der Waals surface area contributed by atoms with Gasteiger partial charge in [-0.1, -0.05) is 11.3 Å². The molecule has 0 radical (unpaired) electrons. The summed E-state index contributed by atoms with van der Waals surface area (Å²) in [5.74, 6) is -0.534. The van der Waals surface area contributed by atoms with Gasteiger partial charge in [-0.2, -0.15) is 0 Å². The maximum atomic E-state index is 13.0. The average Bonchev–Trinajstić information content (AvgIpc) is 2.70. The van der Waals surface area contributed by atoms with Crippen molar-refractivity contribution in [1.29, 1.82) is 0 Å². The van der Waals surface area contributed by atoms with E-state index in [4.69, 9.17) is 10.5 Å². The first-order valence-electron chi connectivity index (χ1n) is 5.39. The molecule has 0 aliphatic carbocycles. The van der Waals surface area contributed by atoms with Crippen LogP contribution in [0.5, 0.6) is 5.75 Å². The number of benzene rings is 1. The van der Waals surface area contributed by atoms with Gasteiger partial charge in [0, 0.05) is 6.07 Å². The highest BCUT2D eigenvalue weighted by molar-refractivity contribution is 7.17. The van der Waals surface area contributed by atoms with Crippen molar-refractivity contribution < 1.29 is 13.9 Å². The van der Waals surface area contributed by atoms with Gasteiger partial charge in [-0.25, -0.2) is 9.37 Å². The van der Waals surface area contributed by atoms with E-state index in [1.807, 2.05) is 0 Å². The smallest absolute Gasteiger partial charge is 0.267 e. The molecule has 3 N–H and O–H groups in total. The van der Waals surface area contributed by atoms with E-state index in [1.54, 1.807) is 6.92 Å². The third kappa shape index (κ3) is 2.82. The fourth-order valence-corrected chi connectivity index (χ4v) is 2.30. The standard InChI is InChI=1S/C12H12FN3O2S/c1-6-10(19-12(14)15-6)11(17)16-8-4-3-7(13)5-9(8)18-2/h3-5H,1-2H3,(H2,14,15)(H,16,17). The van der Waals surface area contributed by atoms with Crippen LogP contribution in [0.1, 0.15) is 15.4 Å². The van der Waals surface area contributed by atoms with Gasteiger partial charge in [0.2, 0.25) is 0 Å². The number of carbonyl (C=O) groups is 1. The Morgan fingerprint density at radius 1 is 1.53 bits per heavy atom. The van der Waals surface area contributed by atoms with Gasteiger partial charge in [0.15, 0.2) is 5.13 Å². The van der Waals surface area contributed by atoms with Crippen LogP contribution in [0.4, 0.5) is 15.2 Å². The Bertz CT molecular complexity index is 627. The van der Waals surface area contributed by atoms with E-state index in [0.717, 1.165) is 11.3 Å². The summed E-state index contributed by atoms with van der Waals surface area (Å²) in [6, 6.07) is 3.88. The molecule has 0 saturated heterocycles. The zero-order valence-corrected chi connectivity index (χ0v) is 11.2. The van der Waals surface area contributed by atoms with Crippen molar-refractivity contribution in [2.45, 2.75) is 6.92 Å². The number of nitrogens with one attached hydrogen (secondary N) is 1. The highest BCUT2D eigenvalue weighted by atomic mass is 32.1. The second-order valence-electron chi connectivity index (χ2n) is 3.77. The van der Waals surface area contributed by atoms with Gasteiger partial charge in [0.1, 0.15) is 16.4 Å². The van der Waals surface area contributed by atoms with Gasteiger partial charge in [-0.15, -0.1) is 0 Å². The van der Waals surface area contributed by atoms with Crippen LogP contribution in [-0.2, 0) is 0 Å². The van der Waals surface area contributed by atoms with Crippen LogP contribution in [0.15, 0.2) is 18.2 Å². The molecule has 0 unspecified atom stereocenters. The minimum Gasteiger partial charge on any atom is -0.494 e. The second-order valence-corrected chi connectivity index (χ2v) is 4.80. The lowest BCUT2D eigenvalue weighted by molar-refractivity contribution is 0.102. The first-order valence-corrected chi connectivity index (χ1v) is 6.20. The predicted octanol–water partition coefficient (Wildman–Crippen LogP) is 2.43. The molecule has 2 rings (SSSR count). The number of carbonyl (C=O) groups excluding carboxylic acids is 1. The Hall–Kier alpha value is -2.15. The van der Waals surface area contributed by atoms with Crippen LogP contribution < -0.4 is 15.8 Å². The number of halogens is 1. The van der Waals surface area contributed by atoms with Crippen molar-refractivity contribution >= 4 is 28.1 Å². The van der Waals surface area contributed by atoms with Crippen molar-refractivity contribution in [3.8, 4) is 5.75 Å². The Labute approximate surface area is 113 Å². The quantitative estimate of drug-likeness (QED) is 0.905. The summed E-state index contributed by atoms with van der Waals surface area (Å²) in [6.07, 6.45) is 0. The van der Waals surface area contributed by atoms with E-state index in [0.29, 0.717) is 21.4 Å². The summed E-state index contributed by atoms with van der Waals surface area (Å²) in [4.78, 5) is 16.5. The molecule has 1 aromatic carbocycles. The molecular weight excluding hydrogens is 269 g/mol. The SMILES string of the molecule is COc1cc(F)ccc1NC(=O)c1sc(N)nc1C. The van der Waals surface area contributed by atoms with E-state index >= 15 is 0 Å². The Balaban J connectivity index is 2.26. The Morgan fingerprint density at radius 3 is 2.84 bits per heavy atom. The molecule has 0 bridgehead atoms. The van der Waals surface area contributed by atoms with Gasteiger partial charge in [-0.3, -0.25) is 4.79 Å². The molecule has 0 aliphatic rings. The molecule has 0 spiro atoms. The summed E-state index contributed by atoms with van der Waals surface area (Å²) in [7, 11) is 1.40. The molecule has 1 aromatic heterocycles. The Kier molecular flexibility index (Phi) is 3.66. The van der Waals surface area contributed by atoms with E-state index in [9.17, 15) is 9.18 Å². The van der Waals surface area contributed by atoms with Crippen molar-refractivity contribution in [3.05, 3.63) is 34.6 Å². The van der Waals surface area contributed by atoms with Crippen LogP contribution in [0.3, 0.4) is 0 Å². The monoisotopic (exact) mass is 281 g/mol. The highest BCUT2D eigenvalue weighted by Crippen LogP contribution is 2.27. The number of rotatable bonds is 3. The number of amides is 1. The lowest BCUT2D eigenvalue weighted by Crippen LogP contribution is -2.12. The topological polar surface area (TPSA) is 77.2 Å². The van der Waals surface area contributed by atoms with Crippen molar-refractivity contribution in [2.75, 3.05) is 18.2 Å². The summed E-state index contributed by atoms with van der Waals surface area (Å²) in [5, 5.41) is 2.97. The average molecular weight is 281 g/mol. The number of methoxy groups -OCH3 is 1. The number of nitrogens with zero attached hydrogens (tertiary/aromatic N) is 1. The second kappa shape index (κ2) is 5.23. The largest absolute Gasteiger partial charge is 0.494 e. The number of nitrogen functional groups attached to an aromatic ring is 1. The van der Waals surface area contributed by atoms with Crippen LogP contribution in [0.25, 0.3) is 0 Å². The van der Waals surface area contributed by atoms with Gasteiger partial charge >= 0.3 is 0 Å². The number of hydrogen-bond donors (Lipinski definition) is 2. The number of aryl methyl sites for hydroxylation is 1. The van der Waals surface area contributed by atoms with E-state index in [-0.39, 0.29) is 11.7 Å². The maximum Gasteiger partial charge on any atom is 0.267 e. The predicted molar refractivity (Wildman–Crippen MR) is 72.2 cm³/mol. The zero-order chi connectivity index (χ0) is 14.0. The van der Waals surface area contributed by atoms with Crippen molar-refractivity contribution in [2.24, 2.45) is 0 Å². The number of hydrogen-bond acceptors (Lipinski definition) is 5. The molecule has 7 heteroatoms. The van der Waals surface area contributed by atoms with E-state index < -0.39 is 5.82 Å². The molecule has 100 valence electrons. The fourth-order valence-electron chi connectivity index (χ4n) is 1.58. The Morgan fingerprint density at radius 2 is 2.26 bits per heavy atom. The van der Waals surface area contributed by atoms with Crippen LogP contribution in [-0.4, -0.2) is 18.0 Å². The van der Waals surface area contributed by atoms with E-state index in [1.165, 1.54) is 25.3 Å². The van der Waals surface area contributed by atoms with Crippen LogP contribution >= 0.6 is 11.3 Å². The molecule has 5 nitrogen and oxygen atoms in total. The first kappa shape index (κ1) is 13.3. The molecule has 1 amide bonds. The third-order valence-corrected chi connectivity index (χ3v) is 3.42. The number of thiazole rings is 1. The van der Waals surface area contributed by atoms with Crippen LogP contribution in [0, 0.1) is 12.7 Å². The lowest BCUT2D eigenvalue weighted by atomic mass is 10.2. The molecule has 0 saturated carbocycles. The minimum atomic E-state index is -0.437. The van der Waals surface area contributed by atoms with Crippen LogP contribution in [0.2, 0.25) is 0 Å². The molecule has 0 fully saturated rings. The van der Waals surface area contributed by atoms with Gasteiger partial charge in [0.05, 0.1) is 18.5 Å². The number of aromatic nitrogens is 1. The molecule has 0 aliphatic heterocycles. The van der Waals surface area contributed by atoms with Gasteiger partial charge in [-0.05, 0) is 19.1 Å². The summed E-state index contributed by atoms with van der Waals surface area (Å²) >= 11 is 1.10. The van der Waals surface area contributed by atoms with Gasteiger partial charge in [0.25, 0.3) is 5.91 Å². The maximum absolute atomic E-state index is 13.0. The summed E-state index contributed by atoms with van der Waals surface area (Å²) < 4.78 is 18.1. The first-order chi connectivity index (χ1) is 9.01. The highest BCUT2D eigenvalue weighted by Gasteiger charge is 2.16. The molecular formula is C12H12FN3O2S. The number of nitrogens with two attached hydrogens (primary N) is 1. The number of ether oxygens (including phenoxy) is 1. The fraction of sp³-hybridized carbons (Fsp3) is 0.167. The van der Waals surface area contributed by atoms with E-state index in [2.05, 4.69) is 10.3 Å². The molecule has 19 heavy (non-hydrogen) atoms. The molecule has 2 aromatic rings.